The number of methoxy groups -OCH3 is 1. The molecule has 2 amide bonds. The number of hydrogen-bond acceptors (Lipinski definition) is 3. The number of carbonyl (C=O) groups is 2. The molecule has 20 heavy (non-hydrogen) atoms. The average molecular weight is 284 g/mol. The minimum absolute atomic E-state index is 0.000498. The largest absolute Gasteiger partial charge is 0.453 e. The van der Waals surface area contributed by atoms with Crippen molar-refractivity contribution in [2.45, 2.75) is 52.5 Å². The monoisotopic (exact) mass is 284 g/mol. The maximum absolute atomic E-state index is 12.5. The summed E-state index contributed by atoms with van der Waals surface area (Å²) in [4.78, 5) is 25.8. The molecule has 1 rings (SSSR count). The van der Waals surface area contributed by atoms with Crippen LogP contribution < -0.4 is 5.32 Å². The van der Waals surface area contributed by atoms with Gasteiger partial charge in [0.2, 0.25) is 5.91 Å². The molecule has 0 radical (unpaired) electrons. The van der Waals surface area contributed by atoms with Gasteiger partial charge in [-0.1, -0.05) is 27.2 Å². The van der Waals surface area contributed by atoms with Crippen molar-refractivity contribution < 1.29 is 14.3 Å². The first-order valence-electron chi connectivity index (χ1n) is 7.68. The highest BCUT2D eigenvalue weighted by atomic mass is 16.5. The number of hydrogen-bond donors (Lipinski definition) is 1. The van der Waals surface area contributed by atoms with Crippen LogP contribution in [0.25, 0.3) is 0 Å². The maximum Gasteiger partial charge on any atom is 0.407 e. The molecule has 0 aliphatic carbocycles. The third kappa shape index (κ3) is 4.39. The fraction of sp³-hybridized carbons (Fsp3) is 0.867. The molecule has 0 bridgehead atoms. The van der Waals surface area contributed by atoms with Gasteiger partial charge in [0.1, 0.15) is 0 Å². The number of ether oxygens (including phenoxy) is 1. The van der Waals surface area contributed by atoms with Crippen LogP contribution in [0.15, 0.2) is 0 Å². The third-order valence-corrected chi connectivity index (χ3v) is 4.27. The molecule has 1 N–H and O–H groups in total. The quantitative estimate of drug-likeness (QED) is 0.843. The maximum atomic E-state index is 12.5. The second-order valence-corrected chi connectivity index (χ2v) is 5.60. The summed E-state index contributed by atoms with van der Waals surface area (Å²) in [7, 11) is 1.36. The second-order valence-electron chi connectivity index (χ2n) is 5.60. The summed E-state index contributed by atoms with van der Waals surface area (Å²) in [6.07, 6.45) is 3.27. The van der Waals surface area contributed by atoms with Crippen molar-refractivity contribution in [3.05, 3.63) is 0 Å². The van der Waals surface area contributed by atoms with Gasteiger partial charge < -0.3 is 15.0 Å². The Morgan fingerprint density at radius 1 is 1.25 bits per heavy atom. The van der Waals surface area contributed by atoms with Crippen LogP contribution >= 0.6 is 0 Å². The number of likely N-dealkylation sites (tertiary alicyclic amines) is 1. The van der Waals surface area contributed by atoms with Crippen molar-refractivity contribution >= 4 is 12.0 Å². The average Bonchev–Trinajstić information content (AvgIpc) is 2.47. The Labute approximate surface area is 122 Å². The molecular formula is C15H28N2O3. The van der Waals surface area contributed by atoms with Gasteiger partial charge in [-0.15, -0.1) is 0 Å². The van der Waals surface area contributed by atoms with Crippen LogP contribution in [0.2, 0.25) is 0 Å². The summed E-state index contributed by atoms with van der Waals surface area (Å²) in [5, 5.41) is 2.84. The van der Waals surface area contributed by atoms with Gasteiger partial charge in [-0.2, -0.15) is 0 Å². The number of nitrogens with one attached hydrogen (secondary N) is 1. The van der Waals surface area contributed by atoms with Gasteiger partial charge in [0.15, 0.2) is 0 Å². The van der Waals surface area contributed by atoms with E-state index in [1.807, 2.05) is 4.90 Å². The van der Waals surface area contributed by atoms with E-state index in [1.165, 1.54) is 7.11 Å². The van der Waals surface area contributed by atoms with Crippen molar-refractivity contribution in [3.8, 4) is 0 Å². The lowest BCUT2D eigenvalue weighted by molar-refractivity contribution is -0.138. The Bertz CT molecular complexity index is 329. The first-order chi connectivity index (χ1) is 9.55. The van der Waals surface area contributed by atoms with Crippen molar-refractivity contribution in [3.63, 3.8) is 0 Å². The van der Waals surface area contributed by atoms with Crippen LogP contribution in [0.3, 0.4) is 0 Å². The lowest BCUT2D eigenvalue weighted by Crippen LogP contribution is -2.53. The Hall–Kier alpha value is -1.26. The van der Waals surface area contributed by atoms with Gasteiger partial charge >= 0.3 is 6.09 Å². The third-order valence-electron chi connectivity index (χ3n) is 4.27. The van der Waals surface area contributed by atoms with Gasteiger partial charge in [0.05, 0.1) is 13.2 Å². The molecule has 1 aliphatic rings. The summed E-state index contributed by atoms with van der Waals surface area (Å²) in [6, 6.07) is -0.000498. The fourth-order valence-corrected chi connectivity index (χ4v) is 2.91. The van der Waals surface area contributed by atoms with Crippen LogP contribution in [-0.2, 0) is 9.53 Å². The van der Waals surface area contributed by atoms with Gasteiger partial charge in [0.25, 0.3) is 0 Å². The molecule has 0 aromatic carbocycles. The molecule has 5 nitrogen and oxygen atoms in total. The predicted octanol–water partition coefficient (Wildman–Crippen LogP) is 2.41. The molecule has 0 spiro atoms. The summed E-state index contributed by atoms with van der Waals surface area (Å²) in [5.74, 6) is 0.776. The zero-order valence-corrected chi connectivity index (χ0v) is 13.1. The van der Waals surface area contributed by atoms with E-state index in [0.717, 1.165) is 32.2 Å². The SMILES string of the molecule is CCC1CC(NC(=O)OC)CN(C(=O)C(CC)CC)C1. The van der Waals surface area contributed by atoms with Gasteiger partial charge in [-0.05, 0) is 25.2 Å². The standard InChI is InChI=1S/C15H28N2O3/c1-5-11-8-13(16-15(19)20-4)10-17(9-11)14(18)12(6-2)7-3/h11-13H,5-10H2,1-4H3,(H,16,19). The molecule has 1 aliphatic heterocycles. The van der Waals surface area contributed by atoms with Gasteiger partial charge in [-0.25, -0.2) is 4.79 Å². The van der Waals surface area contributed by atoms with Crippen molar-refractivity contribution in [2.24, 2.45) is 11.8 Å². The highest BCUT2D eigenvalue weighted by Crippen LogP contribution is 2.23. The van der Waals surface area contributed by atoms with Crippen molar-refractivity contribution in [1.29, 1.82) is 0 Å². The topological polar surface area (TPSA) is 58.6 Å². The Morgan fingerprint density at radius 2 is 1.90 bits per heavy atom. The summed E-state index contributed by atoms with van der Waals surface area (Å²) >= 11 is 0. The number of nitrogens with zero attached hydrogens (tertiary/aromatic N) is 1. The number of rotatable bonds is 5. The Balaban J connectivity index is 2.70. The van der Waals surface area contributed by atoms with E-state index in [9.17, 15) is 9.59 Å². The van der Waals surface area contributed by atoms with E-state index in [4.69, 9.17) is 0 Å². The van der Waals surface area contributed by atoms with Crippen LogP contribution in [0.5, 0.6) is 0 Å². The normalized spacial score (nSPS) is 22.8. The molecule has 2 atom stereocenters. The zero-order valence-electron chi connectivity index (χ0n) is 13.1. The van der Waals surface area contributed by atoms with Crippen LogP contribution in [0.1, 0.15) is 46.5 Å². The fourth-order valence-electron chi connectivity index (χ4n) is 2.91. The first-order valence-corrected chi connectivity index (χ1v) is 7.68. The highest BCUT2D eigenvalue weighted by molar-refractivity contribution is 5.79. The lowest BCUT2D eigenvalue weighted by atomic mass is 9.90. The van der Waals surface area contributed by atoms with Gasteiger partial charge in [0, 0.05) is 19.0 Å². The van der Waals surface area contributed by atoms with E-state index >= 15 is 0 Å². The molecule has 1 heterocycles. The van der Waals surface area contributed by atoms with Crippen LogP contribution in [0, 0.1) is 11.8 Å². The smallest absolute Gasteiger partial charge is 0.407 e. The molecule has 1 saturated heterocycles. The van der Waals surface area contributed by atoms with E-state index in [0.29, 0.717) is 12.5 Å². The zero-order chi connectivity index (χ0) is 15.1. The van der Waals surface area contributed by atoms with E-state index < -0.39 is 6.09 Å². The lowest BCUT2D eigenvalue weighted by Gasteiger charge is -2.39. The van der Waals surface area contributed by atoms with E-state index in [-0.39, 0.29) is 17.9 Å². The Morgan fingerprint density at radius 3 is 2.40 bits per heavy atom. The van der Waals surface area contributed by atoms with Crippen LogP contribution in [-0.4, -0.2) is 43.1 Å². The Kier molecular flexibility index (Phi) is 6.82. The minimum atomic E-state index is -0.415. The summed E-state index contributed by atoms with van der Waals surface area (Å²) in [6.45, 7) is 7.64. The van der Waals surface area contributed by atoms with Gasteiger partial charge in [-0.3, -0.25) is 4.79 Å². The minimum Gasteiger partial charge on any atom is -0.453 e. The molecule has 116 valence electrons. The molecule has 5 heteroatoms. The summed E-state index contributed by atoms with van der Waals surface area (Å²) in [5.41, 5.74) is 0. The molecule has 0 aromatic rings. The van der Waals surface area contributed by atoms with Crippen LogP contribution in [0.4, 0.5) is 4.79 Å². The molecule has 0 aromatic heterocycles. The number of piperidine rings is 1. The van der Waals surface area contributed by atoms with E-state index in [1.54, 1.807) is 0 Å². The predicted molar refractivity (Wildman–Crippen MR) is 78.4 cm³/mol. The number of amides is 2. The van der Waals surface area contributed by atoms with Crippen molar-refractivity contribution in [1.82, 2.24) is 10.2 Å². The molecular weight excluding hydrogens is 256 g/mol. The second kappa shape index (κ2) is 8.12. The number of carbonyl (C=O) groups excluding carboxylic acids is 2. The molecule has 1 fully saturated rings. The first kappa shape index (κ1) is 16.8. The van der Waals surface area contributed by atoms with Crippen molar-refractivity contribution in [2.75, 3.05) is 20.2 Å². The number of alkyl carbamates (subject to hydrolysis) is 1. The highest BCUT2D eigenvalue weighted by Gasteiger charge is 2.32. The molecule has 2 unspecified atom stereocenters. The summed E-state index contributed by atoms with van der Waals surface area (Å²) < 4.78 is 4.65. The molecule has 0 saturated carbocycles. The van der Waals surface area contributed by atoms with E-state index in [2.05, 4.69) is 30.8 Å².